The fraction of sp³-hybridized carbons (Fsp3) is 0. The van der Waals surface area contributed by atoms with Crippen LogP contribution in [0.5, 0.6) is 0 Å². The van der Waals surface area contributed by atoms with Crippen molar-refractivity contribution in [3.63, 3.8) is 0 Å². The molecular formula is C44H26N4OS. The Balaban J connectivity index is 1.07. The topological polar surface area (TPSA) is 64.7 Å². The fourth-order valence-electron chi connectivity index (χ4n) is 6.68. The Morgan fingerprint density at radius 1 is 0.440 bits per heavy atom. The van der Waals surface area contributed by atoms with E-state index in [1.54, 1.807) is 11.3 Å². The fourth-order valence-corrected chi connectivity index (χ4v) is 7.66. The third-order valence-electron chi connectivity index (χ3n) is 9.17. The summed E-state index contributed by atoms with van der Waals surface area (Å²) in [6.45, 7) is 0. The Morgan fingerprint density at radius 2 is 1.06 bits per heavy atom. The predicted molar refractivity (Wildman–Crippen MR) is 205 cm³/mol. The monoisotopic (exact) mass is 658 g/mol. The minimum Gasteiger partial charge on any atom is -0.455 e. The van der Waals surface area contributed by atoms with Crippen molar-refractivity contribution in [1.82, 2.24) is 19.9 Å². The molecule has 234 valence electrons. The van der Waals surface area contributed by atoms with Gasteiger partial charge in [0, 0.05) is 33.2 Å². The Hall–Kier alpha value is -6.50. The Labute approximate surface area is 291 Å². The molecule has 10 aromatic rings. The van der Waals surface area contributed by atoms with Crippen LogP contribution in [0.3, 0.4) is 0 Å². The zero-order valence-electron chi connectivity index (χ0n) is 26.6. The summed E-state index contributed by atoms with van der Waals surface area (Å²) < 4.78 is 7.71. The van der Waals surface area contributed by atoms with Crippen molar-refractivity contribution in [1.29, 1.82) is 0 Å². The van der Waals surface area contributed by atoms with Crippen LogP contribution in [0.1, 0.15) is 0 Å². The third kappa shape index (κ3) is 4.85. The number of hydrogen-bond acceptors (Lipinski definition) is 6. The Morgan fingerprint density at radius 3 is 1.82 bits per heavy atom. The Kier molecular flexibility index (Phi) is 6.60. The number of para-hydroxylation sites is 1. The van der Waals surface area contributed by atoms with Crippen molar-refractivity contribution >= 4 is 54.3 Å². The number of fused-ring (bicyclic) bond motifs is 6. The largest absolute Gasteiger partial charge is 0.455 e. The first kappa shape index (κ1) is 28.5. The average molecular weight is 659 g/mol. The highest BCUT2D eigenvalue weighted by atomic mass is 32.1. The number of nitrogens with zero attached hydrogens (tertiary/aromatic N) is 4. The molecule has 0 fully saturated rings. The number of aromatic nitrogens is 4. The zero-order chi connectivity index (χ0) is 33.0. The molecule has 5 nitrogen and oxygen atoms in total. The molecule has 0 radical (unpaired) electrons. The van der Waals surface area contributed by atoms with Gasteiger partial charge >= 0.3 is 0 Å². The molecule has 0 saturated heterocycles. The first-order valence-corrected chi connectivity index (χ1v) is 17.3. The van der Waals surface area contributed by atoms with Crippen LogP contribution in [0.25, 0.3) is 98.8 Å². The van der Waals surface area contributed by atoms with Gasteiger partial charge in [0.15, 0.2) is 17.5 Å². The lowest BCUT2D eigenvalue weighted by Gasteiger charge is -2.10. The van der Waals surface area contributed by atoms with E-state index in [2.05, 4.69) is 121 Å². The number of thiazole rings is 1. The van der Waals surface area contributed by atoms with Gasteiger partial charge in [-0.15, -0.1) is 11.3 Å². The molecule has 0 bridgehead atoms. The lowest BCUT2D eigenvalue weighted by atomic mass is 10.0. The maximum absolute atomic E-state index is 6.57. The van der Waals surface area contributed by atoms with E-state index in [9.17, 15) is 0 Å². The van der Waals surface area contributed by atoms with Gasteiger partial charge in [0.25, 0.3) is 0 Å². The lowest BCUT2D eigenvalue weighted by molar-refractivity contribution is 0.670. The van der Waals surface area contributed by atoms with Crippen molar-refractivity contribution in [3.8, 4) is 55.9 Å². The van der Waals surface area contributed by atoms with Crippen LogP contribution in [0.15, 0.2) is 162 Å². The molecule has 0 aliphatic carbocycles. The van der Waals surface area contributed by atoms with E-state index in [1.165, 1.54) is 5.39 Å². The van der Waals surface area contributed by atoms with Gasteiger partial charge in [-0.1, -0.05) is 140 Å². The van der Waals surface area contributed by atoms with Crippen LogP contribution in [0.2, 0.25) is 0 Å². The molecule has 3 heterocycles. The molecule has 7 aromatic carbocycles. The average Bonchev–Trinajstić information content (AvgIpc) is 3.80. The van der Waals surface area contributed by atoms with Crippen molar-refractivity contribution in [2.24, 2.45) is 0 Å². The second kappa shape index (κ2) is 11.6. The maximum Gasteiger partial charge on any atom is 0.164 e. The number of furan rings is 1. The van der Waals surface area contributed by atoms with E-state index in [4.69, 9.17) is 24.4 Å². The second-order valence-electron chi connectivity index (χ2n) is 12.3. The van der Waals surface area contributed by atoms with E-state index < -0.39 is 0 Å². The van der Waals surface area contributed by atoms with Crippen molar-refractivity contribution < 1.29 is 4.42 Å². The van der Waals surface area contributed by atoms with Gasteiger partial charge in [0.05, 0.1) is 15.6 Å². The van der Waals surface area contributed by atoms with Gasteiger partial charge in [-0.25, -0.2) is 19.9 Å². The number of rotatable bonds is 5. The van der Waals surface area contributed by atoms with Crippen LogP contribution in [-0.4, -0.2) is 19.9 Å². The Bertz CT molecular complexity index is 2860. The van der Waals surface area contributed by atoms with Crippen LogP contribution in [0, 0.1) is 0 Å². The molecule has 50 heavy (non-hydrogen) atoms. The van der Waals surface area contributed by atoms with Crippen LogP contribution < -0.4 is 0 Å². The molecule has 0 N–H and O–H groups in total. The van der Waals surface area contributed by atoms with Crippen molar-refractivity contribution in [3.05, 3.63) is 158 Å². The lowest BCUT2D eigenvalue weighted by Crippen LogP contribution is -2.00. The molecule has 0 saturated carbocycles. The van der Waals surface area contributed by atoms with E-state index in [1.807, 2.05) is 36.4 Å². The minimum atomic E-state index is 0.621. The molecule has 0 aliphatic rings. The molecule has 0 unspecified atom stereocenters. The molecule has 3 aromatic heterocycles. The predicted octanol–water partition coefficient (Wildman–Crippen LogP) is 11.9. The summed E-state index contributed by atoms with van der Waals surface area (Å²) in [4.78, 5) is 20.0. The first-order chi connectivity index (χ1) is 24.7. The van der Waals surface area contributed by atoms with Crippen LogP contribution in [-0.2, 0) is 0 Å². The van der Waals surface area contributed by atoms with E-state index >= 15 is 0 Å². The number of hydrogen-bond donors (Lipinski definition) is 0. The molecule has 10 rings (SSSR count). The maximum atomic E-state index is 6.57. The summed E-state index contributed by atoms with van der Waals surface area (Å²) in [6.07, 6.45) is 0. The molecule has 0 atom stereocenters. The smallest absolute Gasteiger partial charge is 0.164 e. The molecule has 0 aliphatic heterocycles. The summed E-state index contributed by atoms with van der Waals surface area (Å²) in [5, 5.41) is 5.43. The summed E-state index contributed by atoms with van der Waals surface area (Å²) in [5.74, 6) is 1.90. The minimum absolute atomic E-state index is 0.621. The summed E-state index contributed by atoms with van der Waals surface area (Å²) in [5.41, 5.74) is 8.64. The van der Waals surface area contributed by atoms with Gasteiger partial charge in [-0.05, 0) is 34.5 Å². The molecular weight excluding hydrogens is 633 g/mol. The SMILES string of the molecule is c1ccc(-c2nc(-c3ccc(-c4cccc5c4oc4ccc6sc(-c7ccccc7)nc6c45)cc3)nc(-c3ccc4ccccc4c3)n2)cc1. The third-order valence-corrected chi connectivity index (χ3v) is 10.2. The molecule has 0 spiro atoms. The highest BCUT2D eigenvalue weighted by Crippen LogP contribution is 2.42. The van der Waals surface area contributed by atoms with Crippen LogP contribution in [0.4, 0.5) is 0 Å². The van der Waals surface area contributed by atoms with Gasteiger partial charge in [-0.3, -0.25) is 0 Å². The first-order valence-electron chi connectivity index (χ1n) is 16.5. The molecule has 6 heteroatoms. The normalized spacial score (nSPS) is 11.6. The number of benzene rings is 7. The van der Waals surface area contributed by atoms with Gasteiger partial charge in [-0.2, -0.15) is 0 Å². The van der Waals surface area contributed by atoms with Gasteiger partial charge in [0.2, 0.25) is 0 Å². The van der Waals surface area contributed by atoms with Crippen LogP contribution >= 0.6 is 11.3 Å². The quantitative estimate of drug-likeness (QED) is 0.184. The molecule has 0 amide bonds. The van der Waals surface area contributed by atoms with Gasteiger partial charge < -0.3 is 4.42 Å². The van der Waals surface area contributed by atoms with Gasteiger partial charge in [0.1, 0.15) is 16.2 Å². The summed E-state index contributed by atoms with van der Waals surface area (Å²) in [7, 11) is 0. The standard InChI is InChI=1S/C44H26N4OS/c1-3-11-29(12-4-1)41-46-42(48-43(47-41)33-23-18-27-10-7-8-15-32(27)26-33)30-21-19-28(20-22-30)34-16-9-17-35-38-36(49-40(34)35)24-25-37-39(38)45-44(50-37)31-13-5-2-6-14-31/h1-26H. The van der Waals surface area contributed by atoms with E-state index in [-0.39, 0.29) is 0 Å². The second-order valence-corrected chi connectivity index (χ2v) is 13.3. The highest BCUT2D eigenvalue weighted by molar-refractivity contribution is 7.21. The van der Waals surface area contributed by atoms with Crippen molar-refractivity contribution in [2.75, 3.05) is 0 Å². The highest BCUT2D eigenvalue weighted by Gasteiger charge is 2.18. The zero-order valence-corrected chi connectivity index (χ0v) is 27.4. The van der Waals surface area contributed by atoms with Crippen molar-refractivity contribution in [2.45, 2.75) is 0 Å². The summed E-state index contributed by atoms with van der Waals surface area (Å²) in [6, 6.07) is 54.0. The van der Waals surface area contributed by atoms with E-state index in [0.29, 0.717) is 17.5 Å². The van der Waals surface area contributed by atoms with E-state index in [0.717, 1.165) is 75.9 Å². The summed E-state index contributed by atoms with van der Waals surface area (Å²) >= 11 is 1.71.